The van der Waals surface area contributed by atoms with E-state index < -0.39 is 17.7 Å². The zero-order chi connectivity index (χ0) is 22.2. The lowest BCUT2D eigenvalue weighted by Gasteiger charge is -2.19. The number of nitrogens with one attached hydrogen (secondary N) is 1. The van der Waals surface area contributed by atoms with Crippen molar-refractivity contribution < 1.29 is 13.6 Å². The minimum atomic E-state index is -0.949. The summed E-state index contributed by atoms with van der Waals surface area (Å²) in [4.78, 5) is 17.8. The van der Waals surface area contributed by atoms with Crippen molar-refractivity contribution in [3.8, 4) is 5.69 Å². The fourth-order valence-electron chi connectivity index (χ4n) is 4.25. The molecule has 1 atom stereocenters. The molecule has 0 fully saturated rings. The van der Waals surface area contributed by atoms with Gasteiger partial charge in [0.15, 0.2) is 17.3 Å². The van der Waals surface area contributed by atoms with Gasteiger partial charge in [-0.1, -0.05) is 30.3 Å². The van der Waals surface area contributed by atoms with Crippen LogP contribution in [-0.2, 0) is 19.9 Å². The van der Waals surface area contributed by atoms with Crippen molar-refractivity contribution in [3.63, 3.8) is 0 Å². The van der Waals surface area contributed by atoms with E-state index in [4.69, 9.17) is 0 Å². The molecule has 32 heavy (non-hydrogen) atoms. The Labute approximate surface area is 183 Å². The highest BCUT2D eigenvalue weighted by Crippen LogP contribution is 2.29. The number of aromatic nitrogens is 4. The fourth-order valence-corrected chi connectivity index (χ4v) is 4.25. The number of imidazole rings is 1. The first-order valence-corrected chi connectivity index (χ1v) is 10.4. The first kappa shape index (κ1) is 20.1. The van der Waals surface area contributed by atoms with E-state index in [-0.39, 0.29) is 5.91 Å². The van der Waals surface area contributed by atoms with Gasteiger partial charge in [0.25, 0.3) is 5.91 Å². The predicted molar refractivity (Wildman–Crippen MR) is 114 cm³/mol. The van der Waals surface area contributed by atoms with E-state index in [1.165, 1.54) is 6.07 Å². The molecule has 2 heterocycles. The van der Waals surface area contributed by atoms with Crippen molar-refractivity contribution in [1.82, 2.24) is 24.6 Å². The Morgan fingerprint density at radius 2 is 1.91 bits per heavy atom. The van der Waals surface area contributed by atoms with E-state index >= 15 is 0 Å². The number of fused-ring (bicyclic) bond motifs is 1. The Kier molecular flexibility index (Phi) is 5.05. The largest absolute Gasteiger partial charge is 0.337 e. The van der Waals surface area contributed by atoms with Gasteiger partial charge in [-0.3, -0.25) is 4.79 Å². The molecular formula is C24H21F2N5O. The molecule has 1 aliphatic carbocycles. The van der Waals surface area contributed by atoms with Gasteiger partial charge in [0.05, 0.1) is 5.69 Å². The van der Waals surface area contributed by atoms with Crippen molar-refractivity contribution in [2.45, 2.75) is 25.3 Å². The van der Waals surface area contributed by atoms with Gasteiger partial charge < -0.3 is 9.88 Å². The standard InChI is InChI=1S/C24H21F2N5O/c1-30-13-12-27-23(30)21(15-6-3-2-4-7-15)28-24(32)22-17-8-5-9-20(17)31(29-22)16-10-11-18(25)19(26)14-16/h2-4,6-7,10-14,21H,5,8-9H2,1H3,(H,28,32). The summed E-state index contributed by atoms with van der Waals surface area (Å²) in [7, 11) is 1.87. The molecule has 0 radical (unpaired) electrons. The minimum Gasteiger partial charge on any atom is -0.337 e. The molecule has 2 aromatic heterocycles. The number of carbonyl (C=O) groups is 1. The number of nitrogens with zero attached hydrogens (tertiary/aromatic N) is 4. The Morgan fingerprint density at radius 1 is 1.09 bits per heavy atom. The van der Waals surface area contributed by atoms with E-state index in [9.17, 15) is 13.6 Å². The average molecular weight is 433 g/mol. The maximum atomic E-state index is 13.8. The molecule has 1 N–H and O–H groups in total. The first-order valence-electron chi connectivity index (χ1n) is 10.4. The smallest absolute Gasteiger partial charge is 0.272 e. The number of amides is 1. The molecule has 1 amide bonds. The Bertz CT molecular complexity index is 1300. The summed E-state index contributed by atoms with van der Waals surface area (Å²) in [5.74, 6) is -1.51. The lowest BCUT2D eigenvalue weighted by atomic mass is 10.1. The second-order valence-electron chi connectivity index (χ2n) is 7.85. The Hall–Kier alpha value is -3.81. The summed E-state index contributed by atoms with van der Waals surface area (Å²) < 4.78 is 30.7. The SMILES string of the molecule is Cn1ccnc1C(NC(=O)c1nn(-c2ccc(F)c(F)c2)c2c1CCC2)c1ccccc1. The van der Waals surface area contributed by atoms with Crippen LogP contribution in [-0.4, -0.2) is 25.2 Å². The minimum absolute atomic E-state index is 0.303. The summed E-state index contributed by atoms with van der Waals surface area (Å²) in [6.45, 7) is 0. The third-order valence-electron chi connectivity index (χ3n) is 5.82. The highest BCUT2D eigenvalue weighted by atomic mass is 19.2. The van der Waals surface area contributed by atoms with E-state index in [2.05, 4.69) is 15.4 Å². The lowest BCUT2D eigenvalue weighted by molar-refractivity contribution is 0.0934. The van der Waals surface area contributed by atoms with Crippen LogP contribution in [0, 0.1) is 11.6 Å². The first-order chi connectivity index (χ1) is 15.5. The number of aryl methyl sites for hydroxylation is 1. The number of rotatable bonds is 5. The molecule has 4 aromatic rings. The van der Waals surface area contributed by atoms with Gasteiger partial charge >= 0.3 is 0 Å². The van der Waals surface area contributed by atoms with Crippen LogP contribution >= 0.6 is 0 Å². The predicted octanol–water partition coefficient (Wildman–Crippen LogP) is 3.89. The van der Waals surface area contributed by atoms with Crippen LogP contribution in [0.15, 0.2) is 60.9 Å². The number of benzene rings is 2. The van der Waals surface area contributed by atoms with Crippen LogP contribution < -0.4 is 5.32 Å². The van der Waals surface area contributed by atoms with Gasteiger partial charge in [0, 0.05) is 36.8 Å². The van der Waals surface area contributed by atoms with Crippen molar-refractivity contribution >= 4 is 5.91 Å². The van der Waals surface area contributed by atoms with Gasteiger partial charge in [-0.2, -0.15) is 5.10 Å². The quantitative estimate of drug-likeness (QED) is 0.519. The molecule has 2 aromatic carbocycles. The molecule has 8 heteroatoms. The van der Waals surface area contributed by atoms with Crippen LogP contribution in [0.3, 0.4) is 0 Å². The molecule has 1 aliphatic rings. The third-order valence-corrected chi connectivity index (χ3v) is 5.82. The zero-order valence-electron chi connectivity index (χ0n) is 17.4. The molecule has 0 aliphatic heterocycles. The van der Waals surface area contributed by atoms with Gasteiger partial charge in [-0.15, -0.1) is 0 Å². The van der Waals surface area contributed by atoms with Crippen LogP contribution in [0.25, 0.3) is 5.69 Å². The van der Waals surface area contributed by atoms with E-state index in [1.807, 2.05) is 48.1 Å². The van der Waals surface area contributed by atoms with Crippen molar-refractivity contribution in [2.75, 3.05) is 0 Å². The van der Waals surface area contributed by atoms with Gasteiger partial charge in [0.1, 0.15) is 11.9 Å². The maximum Gasteiger partial charge on any atom is 0.272 e. The summed E-state index contributed by atoms with van der Waals surface area (Å²) >= 11 is 0. The highest BCUT2D eigenvalue weighted by Gasteiger charge is 2.29. The third kappa shape index (κ3) is 3.47. The highest BCUT2D eigenvalue weighted by molar-refractivity contribution is 5.94. The van der Waals surface area contributed by atoms with Crippen LogP contribution in [0.1, 0.15) is 45.6 Å². The second kappa shape index (κ2) is 8.03. The van der Waals surface area contributed by atoms with Crippen LogP contribution in [0.2, 0.25) is 0 Å². The molecule has 0 bridgehead atoms. The van der Waals surface area contributed by atoms with Crippen molar-refractivity contribution in [2.24, 2.45) is 7.05 Å². The summed E-state index contributed by atoms with van der Waals surface area (Å²) in [5, 5.41) is 7.59. The molecule has 0 spiro atoms. The normalized spacial score (nSPS) is 13.7. The van der Waals surface area contributed by atoms with Crippen molar-refractivity contribution in [1.29, 1.82) is 0 Å². The lowest BCUT2D eigenvalue weighted by Crippen LogP contribution is -2.32. The number of hydrogen-bond donors (Lipinski definition) is 1. The van der Waals surface area contributed by atoms with E-state index in [1.54, 1.807) is 10.9 Å². The zero-order valence-corrected chi connectivity index (χ0v) is 17.4. The summed E-state index contributed by atoms with van der Waals surface area (Å²) in [6.07, 6.45) is 5.81. The van der Waals surface area contributed by atoms with Gasteiger partial charge in [0.2, 0.25) is 0 Å². The number of halogens is 2. The molecule has 0 saturated carbocycles. The summed E-state index contributed by atoms with van der Waals surface area (Å²) in [6, 6.07) is 12.8. The number of hydrogen-bond acceptors (Lipinski definition) is 3. The second-order valence-corrected chi connectivity index (χ2v) is 7.85. The summed E-state index contributed by atoms with van der Waals surface area (Å²) in [5.41, 5.74) is 3.29. The van der Waals surface area contributed by atoms with Crippen LogP contribution in [0.4, 0.5) is 8.78 Å². The Morgan fingerprint density at radius 3 is 2.62 bits per heavy atom. The number of carbonyl (C=O) groups excluding carboxylic acids is 1. The van der Waals surface area contributed by atoms with Gasteiger partial charge in [-0.05, 0) is 37.0 Å². The Balaban J connectivity index is 1.53. The average Bonchev–Trinajstić information content (AvgIpc) is 3.51. The molecular weight excluding hydrogens is 412 g/mol. The molecule has 162 valence electrons. The van der Waals surface area contributed by atoms with Crippen LogP contribution in [0.5, 0.6) is 0 Å². The van der Waals surface area contributed by atoms with Gasteiger partial charge in [-0.25, -0.2) is 18.4 Å². The maximum absolute atomic E-state index is 13.8. The van der Waals surface area contributed by atoms with Crippen molar-refractivity contribution in [3.05, 3.63) is 101 Å². The van der Waals surface area contributed by atoms with E-state index in [0.717, 1.165) is 41.8 Å². The molecule has 0 saturated heterocycles. The molecule has 6 nitrogen and oxygen atoms in total. The topological polar surface area (TPSA) is 64.7 Å². The molecule has 1 unspecified atom stereocenters. The fraction of sp³-hybridized carbons (Fsp3) is 0.208. The molecule has 5 rings (SSSR count). The monoisotopic (exact) mass is 433 g/mol. The van der Waals surface area contributed by atoms with E-state index in [0.29, 0.717) is 23.6 Å².